The lowest BCUT2D eigenvalue weighted by Gasteiger charge is -2.15. The Morgan fingerprint density at radius 3 is 2.45 bits per heavy atom. The molecule has 0 radical (unpaired) electrons. The number of nitrogens with zero attached hydrogens (tertiary/aromatic N) is 1. The molecule has 1 aromatic rings. The van der Waals surface area contributed by atoms with Crippen LogP contribution in [0.3, 0.4) is 0 Å². The van der Waals surface area contributed by atoms with Gasteiger partial charge >= 0.3 is 0 Å². The van der Waals surface area contributed by atoms with Gasteiger partial charge < -0.3 is 16.4 Å². The van der Waals surface area contributed by atoms with Crippen molar-refractivity contribution in [3.8, 4) is 0 Å². The van der Waals surface area contributed by atoms with Crippen LogP contribution in [0.1, 0.15) is 25.1 Å². The lowest BCUT2D eigenvalue weighted by atomic mass is 10.1. The molecule has 0 aromatic carbocycles. The second-order valence-corrected chi connectivity index (χ2v) is 5.03. The quantitative estimate of drug-likeness (QED) is 0.711. The average molecular weight is 351 g/mol. The Balaban J connectivity index is 0. The van der Waals surface area contributed by atoms with E-state index >= 15 is 0 Å². The fourth-order valence-corrected chi connectivity index (χ4v) is 1.54. The Morgan fingerprint density at radius 2 is 1.91 bits per heavy atom. The summed E-state index contributed by atoms with van der Waals surface area (Å²) in [5.41, 5.74) is 7.50. The Bertz CT molecular complexity index is 484. The van der Waals surface area contributed by atoms with Gasteiger partial charge in [-0.1, -0.05) is 19.9 Å². The van der Waals surface area contributed by atoms with Crippen LogP contribution in [0.4, 0.5) is 0 Å². The van der Waals surface area contributed by atoms with Gasteiger partial charge in [-0.2, -0.15) is 0 Å². The van der Waals surface area contributed by atoms with Gasteiger partial charge in [0.1, 0.15) is 0 Å². The van der Waals surface area contributed by atoms with Gasteiger partial charge in [0.15, 0.2) is 0 Å². The van der Waals surface area contributed by atoms with E-state index in [2.05, 4.69) is 15.6 Å². The van der Waals surface area contributed by atoms with E-state index in [0.29, 0.717) is 6.54 Å². The number of rotatable bonds is 6. The molecule has 0 aliphatic carbocycles. The summed E-state index contributed by atoms with van der Waals surface area (Å²) in [6.07, 6.45) is 1.68. The number of aromatic nitrogens is 1. The highest BCUT2D eigenvalue weighted by atomic mass is 35.5. The highest BCUT2D eigenvalue weighted by molar-refractivity contribution is 5.87. The van der Waals surface area contributed by atoms with Gasteiger partial charge in [-0.25, -0.2) is 0 Å². The van der Waals surface area contributed by atoms with E-state index in [1.54, 1.807) is 6.20 Å². The van der Waals surface area contributed by atoms with Crippen molar-refractivity contribution in [1.29, 1.82) is 0 Å². The van der Waals surface area contributed by atoms with Crippen LogP contribution < -0.4 is 16.4 Å². The van der Waals surface area contributed by atoms with Gasteiger partial charge in [0.05, 0.1) is 24.8 Å². The van der Waals surface area contributed by atoms with Crippen LogP contribution in [0.15, 0.2) is 18.3 Å². The van der Waals surface area contributed by atoms with Crippen molar-refractivity contribution in [2.75, 3.05) is 6.54 Å². The van der Waals surface area contributed by atoms with Crippen LogP contribution in [0.5, 0.6) is 0 Å². The topological polar surface area (TPSA) is 97.1 Å². The molecule has 0 aliphatic heterocycles. The monoisotopic (exact) mass is 350 g/mol. The summed E-state index contributed by atoms with van der Waals surface area (Å²) in [5, 5.41) is 5.22. The first kappa shape index (κ1) is 22.9. The van der Waals surface area contributed by atoms with Crippen molar-refractivity contribution < 1.29 is 9.59 Å². The van der Waals surface area contributed by atoms with Crippen LogP contribution in [-0.2, 0) is 16.1 Å². The number of carbonyl (C=O) groups excluding carboxylic acids is 2. The van der Waals surface area contributed by atoms with E-state index in [-0.39, 0.29) is 49.1 Å². The summed E-state index contributed by atoms with van der Waals surface area (Å²) in [6, 6.07) is 3.17. The zero-order valence-electron chi connectivity index (χ0n) is 13.0. The van der Waals surface area contributed by atoms with Crippen LogP contribution in [0.2, 0.25) is 0 Å². The van der Waals surface area contributed by atoms with E-state index in [1.165, 1.54) is 0 Å². The fraction of sp³-hybridized carbons (Fsp3) is 0.500. The normalized spacial score (nSPS) is 11.0. The molecule has 0 spiro atoms. The van der Waals surface area contributed by atoms with Crippen molar-refractivity contribution in [2.45, 2.75) is 33.4 Å². The standard InChI is InChI=1S/C14H22N4O2.2ClH/c1-9(2)13(15)14(20)18-8-12(19)17-7-11-10(3)5-4-6-16-11;;/h4-6,9,13H,7-8,15H2,1-3H3,(H,17,19)(H,18,20);2*1H/t13-;;/m0../s1. The highest BCUT2D eigenvalue weighted by Gasteiger charge is 2.17. The molecule has 1 heterocycles. The molecule has 2 amide bonds. The molecule has 0 fully saturated rings. The Morgan fingerprint density at radius 1 is 1.27 bits per heavy atom. The molecule has 126 valence electrons. The van der Waals surface area contributed by atoms with Gasteiger partial charge in [0.25, 0.3) is 0 Å². The van der Waals surface area contributed by atoms with Crippen LogP contribution >= 0.6 is 24.8 Å². The molecule has 1 aromatic heterocycles. The lowest BCUT2D eigenvalue weighted by molar-refractivity contribution is -0.127. The number of nitrogens with two attached hydrogens (primary N) is 1. The second-order valence-electron chi connectivity index (χ2n) is 5.03. The molecule has 1 atom stereocenters. The summed E-state index contributed by atoms with van der Waals surface area (Å²) in [6.45, 7) is 5.91. The minimum absolute atomic E-state index is 0. The van der Waals surface area contributed by atoms with E-state index in [1.807, 2.05) is 32.9 Å². The van der Waals surface area contributed by atoms with Crippen molar-refractivity contribution in [3.05, 3.63) is 29.6 Å². The largest absolute Gasteiger partial charge is 0.349 e. The van der Waals surface area contributed by atoms with Crippen LogP contribution in [0.25, 0.3) is 0 Å². The van der Waals surface area contributed by atoms with E-state index in [9.17, 15) is 9.59 Å². The van der Waals surface area contributed by atoms with Gasteiger partial charge in [-0.3, -0.25) is 14.6 Å². The molecule has 0 bridgehead atoms. The first-order valence-corrected chi connectivity index (χ1v) is 6.62. The Kier molecular flexibility index (Phi) is 11.7. The minimum atomic E-state index is -0.596. The minimum Gasteiger partial charge on any atom is -0.349 e. The molecule has 0 saturated heterocycles. The van der Waals surface area contributed by atoms with E-state index < -0.39 is 6.04 Å². The molecule has 1 rings (SSSR count). The predicted molar refractivity (Wildman–Crippen MR) is 91.1 cm³/mol. The molecule has 0 unspecified atom stereocenters. The van der Waals surface area contributed by atoms with E-state index in [0.717, 1.165) is 11.3 Å². The molecular weight excluding hydrogens is 327 g/mol. The third-order valence-corrected chi connectivity index (χ3v) is 3.02. The predicted octanol–water partition coefficient (Wildman–Crippen LogP) is 0.949. The number of hydrogen-bond acceptors (Lipinski definition) is 4. The maximum Gasteiger partial charge on any atom is 0.239 e. The van der Waals surface area contributed by atoms with Crippen molar-refractivity contribution in [3.63, 3.8) is 0 Å². The number of pyridine rings is 1. The number of aryl methyl sites for hydroxylation is 1. The molecule has 8 heteroatoms. The van der Waals surface area contributed by atoms with Gasteiger partial charge in [0, 0.05) is 6.20 Å². The first-order chi connectivity index (χ1) is 9.41. The second kappa shape index (κ2) is 11.2. The maximum atomic E-state index is 11.6. The summed E-state index contributed by atoms with van der Waals surface area (Å²) < 4.78 is 0. The van der Waals surface area contributed by atoms with Gasteiger partial charge in [-0.15, -0.1) is 24.8 Å². The maximum absolute atomic E-state index is 11.6. The lowest BCUT2D eigenvalue weighted by Crippen LogP contribution is -2.47. The molecule has 4 N–H and O–H groups in total. The Hall–Kier alpha value is -1.37. The first-order valence-electron chi connectivity index (χ1n) is 6.62. The number of nitrogens with one attached hydrogen (secondary N) is 2. The molecule has 6 nitrogen and oxygen atoms in total. The zero-order valence-corrected chi connectivity index (χ0v) is 14.6. The molecule has 0 aliphatic rings. The number of carbonyl (C=O) groups is 2. The van der Waals surface area contributed by atoms with Crippen molar-refractivity contribution in [2.24, 2.45) is 11.7 Å². The zero-order chi connectivity index (χ0) is 15.1. The number of hydrogen-bond donors (Lipinski definition) is 3. The fourth-order valence-electron chi connectivity index (χ4n) is 1.54. The van der Waals surface area contributed by atoms with Gasteiger partial charge in [-0.05, 0) is 24.5 Å². The average Bonchev–Trinajstić information content (AvgIpc) is 2.42. The third-order valence-electron chi connectivity index (χ3n) is 3.02. The van der Waals surface area contributed by atoms with Crippen LogP contribution in [-0.4, -0.2) is 29.4 Å². The number of amides is 2. The summed E-state index contributed by atoms with van der Waals surface area (Å²) in [7, 11) is 0. The summed E-state index contributed by atoms with van der Waals surface area (Å²) in [5.74, 6) is -0.544. The molecule has 22 heavy (non-hydrogen) atoms. The highest BCUT2D eigenvalue weighted by Crippen LogP contribution is 2.02. The van der Waals surface area contributed by atoms with E-state index in [4.69, 9.17) is 5.73 Å². The molecule has 0 saturated carbocycles. The van der Waals surface area contributed by atoms with Crippen molar-refractivity contribution in [1.82, 2.24) is 15.6 Å². The number of halogens is 2. The van der Waals surface area contributed by atoms with Gasteiger partial charge in [0.2, 0.25) is 11.8 Å². The van der Waals surface area contributed by atoms with Crippen LogP contribution in [0, 0.1) is 12.8 Å². The van der Waals surface area contributed by atoms with Crippen molar-refractivity contribution >= 4 is 36.6 Å². The Labute approximate surface area is 143 Å². The SMILES string of the molecule is Cc1cccnc1CNC(=O)CNC(=O)[C@@H](N)C(C)C.Cl.Cl. The molecular formula is C14H24Cl2N4O2. The smallest absolute Gasteiger partial charge is 0.239 e. The third kappa shape index (κ3) is 7.59. The summed E-state index contributed by atoms with van der Waals surface area (Å²) >= 11 is 0. The summed E-state index contributed by atoms with van der Waals surface area (Å²) in [4.78, 5) is 27.4.